The van der Waals surface area contributed by atoms with Gasteiger partial charge >= 0.3 is 0 Å². The second-order valence-corrected chi connectivity index (χ2v) is 12.7. The molecule has 0 N–H and O–H groups in total. The minimum Gasteiger partial charge on any atom is -0.366 e. The monoisotopic (exact) mass is 460 g/mol. The molecule has 0 radical (unpaired) electrons. The van der Waals surface area contributed by atoms with E-state index in [0.717, 1.165) is 32.3 Å². The molecule has 0 amide bonds. The first-order chi connectivity index (χ1) is 15.8. The minimum atomic E-state index is -0.296. The molecule has 33 heavy (non-hydrogen) atoms. The molecule has 0 aromatic heterocycles. The third-order valence-electron chi connectivity index (χ3n) is 9.89. The maximum absolute atomic E-state index is 12.8. The zero-order valence-electron chi connectivity index (χ0n) is 20.4. The largest absolute Gasteiger partial charge is 0.366 e. The number of carbonyl (C=O) groups is 1. The van der Waals surface area contributed by atoms with Crippen molar-refractivity contribution in [3.8, 4) is 0 Å². The molecule has 5 atom stereocenters. The molecule has 0 bridgehead atoms. The SMILES string of the molecule is CSc1ccc([C@H]2C[C@@]3(C)[C@@H](CC[C@@]34C=CCO4)[C@@H]3CCC4=CC(=O)C(C)(C)CC4=C32)cc1. The average molecular weight is 461 g/mol. The van der Waals surface area contributed by atoms with Crippen molar-refractivity contribution in [3.63, 3.8) is 0 Å². The second-order valence-electron chi connectivity index (χ2n) is 11.9. The van der Waals surface area contributed by atoms with Crippen molar-refractivity contribution in [1.29, 1.82) is 0 Å². The highest BCUT2D eigenvalue weighted by Crippen LogP contribution is 2.68. The van der Waals surface area contributed by atoms with Gasteiger partial charge in [-0.1, -0.05) is 50.6 Å². The summed E-state index contributed by atoms with van der Waals surface area (Å²) in [6.45, 7) is 7.56. The quantitative estimate of drug-likeness (QED) is 0.343. The van der Waals surface area contributed by atoms with Crippen LogP contribution in [0.15, 0.2) is 64.1 Å². The summed E-state index contributed by atoms with van der Waals surface area (Å²) < 4.78 is 6.54. The van der Waals surface area contributed by atoms with Crippen LogP contribution in [0.4, 0.5) is 0 Å². The Hall–Kier alpha value is -1.58. The molecule has 3 heteroatoms. The number of rotatable bonds is 2. The minimum absolute atomic E-state index is 0.0940. The van der Waals surface area contributed by atoms with Crippen molar-refractivity contribution < 1.29 is 9.53 Å². The van der Waals surface area contributed by atoms with E-state index in [4.69, 9.17) is 4.74 Å². The van der Waals surface area contributed by atoms with Crippen LogP contribution in [0, 0.1) is 22.7 Å². The molecular weight excluding hydrogens is 424 g/mol. The number of fused-ring (bicyclic) bond motifs is 5. The molecule has 6 rings (SSSR count). The van der Waals surface area contributed by atoms with E-state index in [9.17, 15) is 4.79 Å². The van der Waals surface area contributed by atoms with Crippen molar-refractivity contribution in [3.05, 3.63) is 64.8 Å². The predicted octanol–water partition coefficient (Wildman–Crippen LogP) is 7.27. The number of hydrogen-bond acceptors (Lipinski definition) is 3. The van der Waals surface area contributed by atoms with Gasteiger partial charge in [-0.05, 0) is 91.5 Å². The van der Waals surface area contributed by atoms with Crippen molar-refractivity contribution in [1.82, 2.24) is 0 Å². The topological polar surface area (TPSA) is 26.3 Å². The lowest BCUT2D eigenvalue weighted by atomic mass is 9.50. The maximum Gasteiger partial charge on any atom is 0.161 e. The molecule has 1 aliphatic heterocycles. The molecular formula is C30H36O2S. The summed E-state index contributed by atoms with van der Waals surface area (Å²) in [4.78, 5) is 14.2. The van der Waals surface area contributed by atoms with Crippen LogP contribution in [0.3, 0.4) is 0 Å². The van der Waals surface area contributed by atoms with Crippen molar-refractivity contribution >= 4 is 17.5 Å². The van der Waals surface area contributed by atoms with Crippen LogP contribution in [0.5, 0.6) is 0 Å². The Morgan fingerprint density at radius 1 is 1.09 bits per heavy atom. The van der Waals surface area contributed by atoms with Gasteiger partial charge in [-0.15, -0.1) is 11.8 Å². The van der Waals surface area contributed by atoms with E-state index in [1.54, 1.807) is 5.57 Å². The smallest absolute Gasteiger partial charge is 0.161 e. The lowest BCUT2D eigenvalue weighted by molar-refractivity contribution is -0.122. The summed E-state index contributed by atoms with van der Waals surface area (Å²) in [7, 11) is 0. The fourth-order valence-electron chi connectivity index (χ4n) is 8.09. The Morgan fingerprint density at radius 2 is 1.88 bits per heavy atom. The fourth-order valence-corrected chi connectivity index (χ4v) is 8.50. The van der Waals surface area contributed by atoms with Crippen LogP contribution in [0.1, 0.15) is 70.8 Å². The second kappa shape index (κ2) is 7.46. The first kappa shape index (κ1) is 21.9. The number of ether oxygens (including phenoxy) is 1. The van der Waals surface area contributed by atoms with Gasteiger partial charge in [0, 0.05) is 21.6 Å². The molecule has 4 aliphatic carbocycles. The molecule has 1 aromatic carbocycles. The highest BCUT2D eigenvalue weighted by atomic mass is 32.2. The number of allylic oxidation sites excluding steroid dienone is 4. The lowest BCUT2D eigenvalue weighted by Crippen LogP contribution is -2.51. The van der Waals surface area contributed by atoms with Gasteiger partial charge in [0.15, 0.2) is 5.78 Å². The van der Waals surface area contributed by atoms with Gasteiger partial charge in [0.1, 0.15) is 0 Å². The molecule has 174 valence electrons. The van der Waals surface area contributed by atoms with Gasteiger partial charge in [0.2, 0.25) is 0 Å². The van der Waals surface area contributed by atoms with E-state index < -0.39 is 0 Å². The summed E-state index contributed by atoms with van der Waals surface area (Å²) >= 11 is 1.81. The summed E-state index contributed by atoms with van der Waals surface area (Å²) in [6.07, 6.45) is 15.5. The van der Waals surface area contributed by atoms with Crippen LogP contribution >= 0.6 is 11.8 Å². The molecule has 0 unspecified atom stereocenters. The first-order valence-corrected chi connectivity index (χ1v) is 13.9. The molecule has 1 aromatic rings. The van der Waals surface area contributed by atoms with Crippen LogP contribution in [-0.4, -0.2) is 24.2 Å². The Kier molecular flexibility index (Phi) is 4.95. The third-order valence-corrected chi connectivity index (χ3v) is 10.6. The fraction of sp³-hybridized carbons (Fsp3) is 0.567. The van der Waals surface area contributed by atoms with Gasteiger partial charge in [0.25, 0.3) is 0 Å². The van der Waals surface area contributed by atoms with Gasteiger partial charge in [-0.2, -0.15) is 0 Å². The molecule has 2 fully saturated rings. The molecule has 0 saturated heterocycles. The third kappa shape index (κ3) is 3.07. The van der Waals surface area contributed by atoms with E-state index in [1.165, 1.54) is 34.4 Å². The molecule has 5 aliphatic rings. The highest BCUT2D eigenvalue weighted by molar-refractivity contribution is 7.98. The van der Waals surface area contributed by atoms with Gasteiger partial charge in [-0.25, -0.2) is 0 Å². The maximum atomic E-state index is 12.8. The number of carbonyl (C=O) groups excluding carboxylic acids is 1. The Balaban J connectivity index is 1.53. The molecule has 1 spiro atoms. The van der Waals surface area contributed by atoms with Crippen molar-refractivity contribution in [2.75, 3.05) is 12.9 Å². The Morgan fingerprint density at radius 3 is 2.58 bits per heavy atom. The highest BCUT2D eigenvalue weighted by Gasteiger charge is 2.64. The van der Waals surface area contributed by atoms with Crippen molar-refractivity contribution in [2.45, 2.75) is 75.7 Å². The van der Waals surface area contributed by atoms with E-state index in [0.29, 0.717) is 23.5 Å². The number of hydrogen-bond donors (Lipinski definition) is 0. The number of benzene rings is 1. The van der Waals surface area contributed by atoms with Crippen LogP contribution in [-0.2, 0) is 9.53 Å². The van der Waals surface area contributed by atoms with E-state index in [-0.39, 0.29) is 16.4 Å². The van der Waals surface area contributed by atoms with Gasteiger partial charge in [0.05, 0.1) is 12.2 Å². The normalized spacial score (nSPS) is 38.8. The summed E-state index contributed by atoms with van der Waals surface area (Å²) in [5.74, 6) is 1.97. The van der Waals surface area contributed by atoms with E-state index >= 15 is 0 Å². The number of ketones is 1. The van der Waals surface area contributed by atoms with Crippen LogP contribution < -0.4 is 0 Å². The zero-order chi connectivity index (χ0) is 23.0. The van der Waals surface area contributed by atoms with Crippen LogP contribution in [0.2, 0.25) is 0 Å². The standard InChI is InChI=1S/C30H36O2S/c1-28(2)17-23-20(16-26(28)31)8-11-22-25-12-14-30(13-5-15-32-30)29(25,3)18-24(27(22)23)19-6-9-21(33-4)10-7-19/h5-7,9-10,13,16,22,24-25H,8,11-12,14-15,17-18H2,1-4H3/t22-,24+,25-,29-,30-/m0/s1. The Labute approximate surface area is 202 Å². The molecule has 2 nitrogen and oxygen atoms in total. The molecule has 2 saturated carbocycles. The molecule has 1 heterocycles. The Bertz CT molecular complexity index is 1090. The zero-order valence-corrected chi connectivity index (χ0v) is 21.3. The average Bonchev–Trinajstić information content (AvgIpc) is 3.40. The van der Waals surface area contributed by atoms with Gasteiger partial charge < -0.3 is 4.74 Å². The lowest BCUT2D eigenvalue weighted by Gasteiger charge is -2.55. The van der Waals surface area contributed by atoms with Gasteiger partial charge in [-0.3, -0.25) is 4.79 Å². The summed E-state index contributed by atoms with van der Waals surface area (Å²) in [5.41, 5.74) is 5.74. The van der Waals surface area contributed by atoms with Crippen LogP contribution in [0.25, 0.3) is 0 Å². The number of thioether (sulfide) groups is 1. The van der Waals surface area contributed by atoms with E-state index in [2.05, 4.69) is 63.4 Å². The first-order valence-electron chi connectivity index (χ1n) is 12.7. The van der Waals surface area contributed by atoms with E-state index in [1.807, 2.05) is 17.8 Å². The summed E-state index contributed by atoms with van der Waals surface area (Å²) in [6, 6.07) is 9.32. The van der Waals surface area contributed by atoms with Crippen molar-refractivity contribution in [2.24, 2.45) is 22.7 Å². The summed E-state index contributed by atoms with van der Waals surface area (Å²) in [5, 5.41) is 0. The predicted molar refractivity (Wildman–Crippen MR) is 135 cm³/mol.